The van der Waals surface area contributed by atoms with Crippen LogP contribution >= 0.6 is 11.6 Å². The number of hydrogen-bond donors (Lipinski definition) is 0. The molecule has 0 aliphatic carbocycles. The van der Waals surface area contributed by atoms with Gasteiger partial charge in [-0.3, -0.25) is 9.59 Å². The second-order valence-corrected chi connectivity index (χ2v) is 8.29. The van der Waals surface area contributed by atoms with Crippen LogP contribution in [-0.4, -0.2) is 66.6 Å². The molecule has 6 nitrogen and oxygen atoms in total. The first-order valence-electron chi connectivity index (χ1n) is 10.6. The van der Waals surface area contributed by atoms with Crippen molar-refractivity contribution >= 4 is 23.4 Å². The molecule has 2 amide bonds. The molecule has 2 saturated heterocycles. The van der Waals surface area contributed by atoms with E-state index in [2.05, 4.69) is 6.92 Å². The normalized spacial score (nSPS) is 20.6. The third-order valence-electron chi connectivity index (χ3n) is 5.58. The number of benzene rings is 1. The molecule has 0 N–H and O–H groups in total. The molecule has 0 spiro atoms. The Labute approximate surface area is 178 Å². The van der Waals surface area contributed by atoms with E-state index in [9.17, 15) is 9.59 Å². The molecule has 2 aliphatic heterocycles. The zero-order valence-corrected chi connectivity index (χ0v) is 18.1. The summed E-state index contributed by atoms with van der Waals surface area (Å²) in [7, 11) is 0. The van der Waals surface area contributed by atoms with Crippen molar-refractivity contribution in [2.75, 3.05) is 32.8 Å². The lowest BCUT2D eigenvalue weighted by molar-refractivity contribution is -0.130. The molecule has 2 aliphatic rings. The molecule has 0 saturated carbocycles. The van der Waals surface area contributed by atoms with Crippen molar-refractivity contribution in [3.63, 3.8) is 0 Å². The number of nitrogens with zero attached hydrogens (tertiary/aromatic N) is 2. The van der Waals surface area contributed by atoms with Crippen LogP contribution in [0.15, 0.2) is 18.2 Å². The second-order valence-electron chi connectivity index (χ2n) is 7.85. The summed E-state index contributed by atoms with van der Waals surface area (Å²) in [5.41, 5.74) is 0.502. The van der Waals surface area contributed by atoms with Crippen LogP contribution in [0.1, 0.15) is 56.3 Å². The fourth-order valence-corrected chi connectivity index (χ4v) is 4.13. The van der Waals surface area contributed by atoms with Gasteiger partial charge in [0.2, 0.25) is 5.91 Å². The van der Waals surface area contributed by atoms with Gasteiger partial charge in [-0.15, -0.1) is 0 Å². The largest absolute Gasteiger partial charge is 0.489 e. The number of carbonyl (C=O) groups is 2. The minimum absolute atomic E-state index is 0.0136. The maximum absolute atomic E-state index is 13.3. The van der Waals surface area contributed by atoms with E-state index in [0.29, 0.717) is 42.5 Å². The average molecular weight is 423 g/mol. The summed E-state index contributed by atoms with van der Waals surface area (Å²) < 4.78 is 12.1. The fraction of sp³-hybridized carbons (Fsp3) is 0.636. The van der Waals surface area contributed by atoms with Crippen molar-refractivity contribution in [2.45, 2.75) is 58.2 Å². The SMILES string of the molecule is CCCOC1CCCN(C(=O)c2cc(Cl)ccc2OC2CCN(C(C)=O)CC2)C1. The molecule has 0 aromatic heterocycles. The van der Waals surface area contributed by atoms with E-state index in [1.807, 2.05) is 9.80 Å². The fourth-order valence-electron chi connectivity index (χ4n) is 3.95. The van der Waals surface area contributed by atoms with E-state index in [0.717, 1.165) is 38.7 Å². The molecule has 2 fully saturated rings. The van der Waals surface area contributed by atoms with E-state index in [1.165, 1.54) is 0 Å². The van der Waals surface area contributed by atoms with Gasteiger partial charge in [-0.1, -0.05) is 18.5 Å². The summed E-state index contributed by atoms with van der Waals surface area (Å²) in [6, 6.07) is 5.23. The lowest BCUT2D eigenvalue weighted by atomic mass is 10.1. The molecule has 1 aromatic carbocycles. The summed E-state index contributed by atoms with van der Waals surface area (Å²) in [6.45, 7) is 7.07. The summed E-state index contributed by atoms with van der Waals surface area (Å²) in [5.74, 6) is 0.599. The Bertz CT molecular complexity index is 719. The van der Waals surface area contributed by atoms with E-state index < -0.39 is 0 Å². The van der Waals surface area contributed by atoms with Crippen LogP contribution < -0.4 is 4.74 Å². The molecule has 3 rings (SSSR count). The number of piperidine rings is 2. The van der Waals surface area contributed by atoms with Gasteiger partial charge < -0.3 is 19.3 Å². The monoisotopic (exact) mass is 422 g/mol. The van der Waals surface area contributed by atoms with Gasteiger partial charge in [0.1, 0.15) is 11.9 Å². The van der Waals surface area contributed by atoms with Gasteiger partial charge in [0.15, 0.2) is 0 Å². The summed E-state index contributed by atoms with van der Waals surface area (Å²) in [5, 5.41) is 0.517. The van der Waals surface area contributed by atoms with Crippen LogP contribution in [0.25, 0.3) is 0 Å². The predicted molar refractivity (Wildman–Crippen MR) is 113 cm³/mol. The molecule has 7 heteroatoms. The number of carbonyl (C=O) groups excluding carboxylic acids is 2. The van der Waals surface area contributed by atoms with Crippen LogP contribution in [0.4, 0.5) is 0 Å². The maximum Gasteiger partial charge on any atom is 0.257 e. The van der Waals surface area contributed by atoms with E-state index in [-0.39, 0.29) is 24.0 Å². The quantitative estimate of drug-likeness (QED) is 0.700. The molecule has 160 valence electrons. The van der Waals surface area contributed by atoms with E-state index in [1.54, 1.807) is 25.1 Å². The van der Waals surface area contributed by atoms with Crippen molar-refractivity contribution < 1.29 is 19.1 Å². The van der Waals surface area contributed by atoms with Crippen molar-refractivity contribution in [3.05, 3.63) is 28.8 Å². The summed E-state index contributed by atoms with van der Waals surface area (Å²) in [6.07, 6.45) is 4.48. The van der Waals surface area contributed by atoms with Gasteiger partial charge in [-0.2, -0.15) is 0 Å². The lowest BCUT2D eigenvalue weighted by Gasteiger charge is -2.34. The maximum atomic E-state index is 13.3. The van der Waals surface area contributed by atoms with Crippen molar-refractivity contribution in [1.29, 1.82) is 0 Å². The number of halogens is 1. The number of hydrogen-bond acceptors (Lipinski definition) is 4. The first-order chi connectivity index (χ1) is 14.0. The third-order valence-corrected chi connectivity index (χ3v) is 5.81. The van der Waals surface area contributed by atoms with Crippen molar-refractivity contribution in [1.82, 2.24) is 9.80 Å². The topological polar surface area (TPSA) is 59.1 Å². The second kappa shape index (κ2) is 10.3. The van der Waals surface area contributed by atoms with Gasteiger partial charge in [-0.05, 0) is 37.5 Å². The molecular weight excluding hydrogens is 392 g/mol. The van der Waals surface area contributed by atoms with Crippen LogP contribution in [0.3, 0.4) is 0 Å². The highest BCUT2D eigenvalue weighted by Gasteiger charge is 2.28. The Morgan fingerprint density at radius 1 is 1.10 bits per heavy atom. The molecular formula is C22H31ClN2O4. The number of rotatable bonds is 6. The zero-order chi connectivity index (χ0) is 20.8. The van der Waals surface area contributed by atoms with Crippen LogP contribution in [0.2, 0.25) is 5.02 Å². The summed E-state index contributed by atoms with van der Waals surface area (Å²) >= 11 is 6.20. The average Bonchev–Trinajstić information content (AvgIpc) is 2.73. The first kappa shape index (κ1) is 21.9. The van der Waals surface area contributed by atoms with E-state index >= 15 is 0 Å². The molecule has 2 heterocycles. The smallest absolute Gasteiger partial charge is 0.257 e. The van der Waals surface area contributed by atoms with Gasteiger partial charge >= 0.3 is 0 Å². The molecule has 0 bridgehead atoms. The predicted octanol–water partition coefficient (Wildman–Crippen LogP) is 3.76. The van der Waals surface area contributed by atoms with Gasteiger partial charge in [-0.25, -0.2) is 0 Å². The Balaban J connectivity index is 1.68. The number of likely N-dealkylation sites (tertiary alicyclic amines) is 2. The lowest BCUT2D eigenvalue weighted by Crippen LogP contribution is -2.43. The van der Waals surface area contributed by atoms with Crippen LogP contribution in [0.5, 0.6) is 5.75 Å². The zero-order valence-electron chi connectivity index (χ0n) is 17.4. The highest BCUT2D eigenvalue weighted by molar-refractivity contribution is 6.31. The first-order valence-corrected chi connectivity index (χ1v) is 11.0. The van der Waals surface area contributed by atoms with Gasteiger partial charge in [0.05, 0.1) is 11.7 Å². The van der Waals surface area contributed by atoms with Crippen molar-refractivity contribution in [3.8, 4) is 5.75 Å². The van der Waals surface area contributed by atoms with Crippen LogP contribution in [-0.2, 0) is 9.53 Å². The standard InChI is InChI=1S/C22H31ClN2O4/c1-3-13-28-19-5-4-10-25(15-19)22(27)20-14-17(23)6-7-21(20)29-18-8-11-24(12-9-18)16(2)26/h6-7,14,18-19H,3-5,8-13,15H2,1-2H3. The van der Waals surface area contributed by atoms with Gasteiger partial charge in [0, 0.05) is 57.6 Å². The van der Waals surface area contributed by atoms with Crippen LogP contribution in [0, 0.1) is 0 Å². The van der Waals surface area contributed by atoms with Gasteiger partial charge in [0.25, 0.3) is 5.91 Å². The minimum Gasteiger partial charge on any atom is -0.489 e. The highest BCUT2D eigenvalue weighted by Crippen LogP contribution is 2.28. The molecule has 29 heavy (non-hydrogen) atoms. The molecule has 0 radical (unpaired) electrons. The van der Waals surface area contributed by atoms with Crippen molar-refractivity contribution in [2.24, 2.45) is 0 Å². The Kier molecular flexibility index (Phi) is 7.78. The number of ether oxygens (including phenoxy) is 2. The highest BCUT2D eigenvalue weighted by atomic mass is 35.5. The molecule has 1 unspecified atom stereocenters. The molecule has 1 aromatic rings. The third kappa shape index (κ3) is 5.86. The number of amides is 2. The van der Waals surface area contributed by atoms with E-state index in [4.69, 9.17) is 21.1 Å². The Morgan fingerprint density at radius 3 is 2.55 bits per heavy atom. The minimum atomic E-state index is -0.0616. The Hall–Kier alpha value is -1.79. The Morgan fingerprint density at radius 2 is 1.86 bits per heavy atom. The summed E-state index contributed by atoms with van der Waals surface area (Å²) in [4.78, 5) is 28.5. The molecule has 1 atom stereocenters.